The molecule has 0 spiro atoms. The van der Waals surface area contributed by atoms with Crippen molar-refractivity contribution in [2.45, 2.75) is 154 Å². The summed E-state index contributed by atoms with van der Waals surface area (Å²) in [6.45, 7) is 9.04. The van der Waals surface area contributed by atoms with E-state index in [9.17, 15) is 0 Å². The normalized spacial score (nSPS) is 19.0. The van der Waals surface area contributed by atoms with Gasteiger partial charge in [-0.05, 0) is 104 Å². The van der Waals surface area contributed by atoms with Crippen molar-refractivity contribution in [3.8, 4) is 57.1 Å². The lowest BCUT2D eigenvalue weighted by atomic mass is 9.75. The smallest absolute Gasteiger partial charge is 0.231 e. The fourth-order valence-electron chi connectivity index (χ4n) is 11.7. The highest BCUT2D eigenvalue weighted by Gasteiger charge is 2.41. The van der Waals surface area contributed by atoms with Gasteiger partial charge < -0.3 is 37.9 Å². The number of unbranched alkanes of at least 4 members (excludes halogenated alkanes) is 8. The van der Waals surface area contributed by atoms with Gasteiger partial charge in [0.2, 0.25) is 27.2 Å². The van der Waals surface area contributed by atoms with E-state index in [4.69, 9.17) is 37.9 Å². The summed E-state index contributed by atoms with van der Waals surface area (Å²) in [4.78, 5) is 0. The van der Waals surface area contributed by atoms with Crippen LogP contribution < -0.4 is 37.9 Å². The second-order valence-electron chi connectivity index (χ2n) is 19.5. The second-order valence-corrected chi connectivity index (χ2v) is 22.7. The van der Waals surface area contributed by atoms with Crippen LogP contribution in [0, 0.1) is 0 Å². The summed E-state index contributed by atoms with van der Waals surface area (Å²) in [7, 11) is 0. The molecule has 8 nitrogen and oxygen atoms in total. The monoisotopic (exact) mass is 1200 g/mol. The lowest BCUT2D eigenvalue weighted by Gasteiger charge is -2.37. The van der Waals surface area contributed by atoms with Crippen LogP contribution in [-0.4, -0.2) is 27.2 Å². The topological polar surface area (TPSA) is 73.8 Å². The van der Waals surface area contributed by atoms with E-state index in [0.717, 1.165) is 222 Å². The van der Waals surface area contributed by atoms with E-state index < -0.39 is 0 Å². The van der Waals surface area contributed by atoms with Crippen LogP contribution in [0.15, 0.2) is 66.4 Å². The molecule has 70 heavy (non-hydrogen) atoms. The predicted molar refractivity (Wildman–Crippen MR) is 290 cm³/mol. The maximum Gasteiger partial charge on any atom is 0.231 e. The van der Waals surface area contributed by atoms with Crippen molar-refractivity contribution >= 4 is 63.7 Å². The van der Waals surface area contributed by atoms with Crippen molar-refractivity contribution < 1.29 is 37.9 Å². The Bertz CT molecular complexity index is 2580. The largest absolute Gasteiger partial charge is 0.456 e. The minimum Gasteiger partial charge on any atom is -0.456 e. The molecule has 0 fully saturated rings. The minimum absolute atomic E-state index is 0.00503. The Morgan fingerprint density at radius 1 is 0.357 bits per heavy atom. The van der Waals surface area contributed by atoms with E-state index in [2.05, 4.69) is 140 Å². The van der Waals surface area contributed by atoms with Gasteiger partial charge in [0.1, 0.15) is 59.4 Å². The van der Waals surface area contributed by atoms with Gasteiger partial charge in [-0.25, -0.2) is 0 Å². The van der Waals surface area contributed by atoms with Crippen LogP contribution in [0.4, 0.5) is 0 Å². The summed E-state index contributed by atoms with van der Waals surface area (Å²) >= 11 is 16.5. The molecule has 0 radical (unpaired) electrons. The van der Waals surface area contributed by atoms with E-state index >= 15 is 0 Å². The zero-order valence-electron chi connectivity index (χ0n) is 40.8. The summed E-state index contributed by atoms with van der Waals surface area (Å²) < 4.78 is 58.4. The Kier molecular flexibility index (Phi) is 15.9. The van der Waals surface area contributed by atoms with Crippen LogP contribution in [0.2, 0.25) is 0 Å². The van der Waals surface area contributed by atoms with E-state index in [1.807, 2.05) is 0 Å². The van der Waals surface area contributed by atoms with Crippen LogP contribution in [0.25, 0.3) is 11.1 Å². The summed E-state index contributed by atoms with van der Waals surface area (Å²) in [5.74, 6) is 5.62. The first-order chi connectivity index (χ1) is 34.3. The van der Waals surface area contributed by atoms with Crippen LogP contribution in [0.5, 0.6) is 46.0 Å². The highest BCUT2D eigenvalue weighted by molar-refractivity contribution is 9.11. The van der Waals surface area contributed by atoms with Gasteiger partial charge in [0.25, 0.3) is 0 Å². The van der Waals surface area contributed by atoms with Gasteiger partial charge in [-0.2, -0.15) is 0 Å². The van der Waals surface area contributed by atoms with E-state index in [0.29, 0.717) is 0 Å². The van der Waals surface area contributed by atoms with Gasteiger partial charge in [-0.3, -0.25) is 0 Å². The molecule has 0 N–H and O–H groups in total. The van der Waals surface area contributed by atoms with Crippen molar-refractivity contribution in [3.63, 3.8) is 0 Å². The molecule has 5 aromatic carbocycles. The molecule has 0 amide bonds. The third kappa shape index (κ3) is 9.24. The van der Waals surface area contributed by atoms with Crippen molar-refractivity contribution in [2.24, 2.45) is 0 Å². The SMILES string of the molecule is CCCCCC1c2cc3c4c(Br)c2OCOc2c1cc1c(c2Br)OCOc2c(cc5c(c2-c2ccccc2Br)OCOc2c(cc(c(c2Br)OCO4)C3CCCCC)C5CCCCC)C1CCCCC. The van der Waals surface area contributed by atoms with Crippen molar-refractivity contribution in [2.75, 3.05) is 27.2 Å². The maximum absolute atomic E-state index is 7.06. The van der Waals surface area contributed by atoms with Gasteiger partial charge in [0.15, 0.2) is 0 Å². The van der Waals surface area contributed by atoms with E-state index in [-0.39, 0.29) is 50.8 Å². The van der Waals surface area contributed by atoms with Gasteiger partial charge in [0, 0.05) is 78.2 Å². The molecule has 372 valence electrons. The molecular formula is C58H64Br4O8. The molecule has 5 aromatic rings. The fourth-order valence-corrected chi connectivity index (χ4v) is 14.3. The molecular weight excluding hydrogens is 1140 g/mol. The molecule has 8 bridgehead atoms. The highest BCUT2D eigenvalue weighted by Crippen LogP contribution is 2.61. The quantitative estimate of drug-likeness (QED) is 0.0853. The fraction of sp³-hybridized carbons (Fsp3) is 0.483. The maximum atomic E-state index is 7.06. The summed E-state index contributed by atoms with van der Waals surface area (Å²) in [6.07, 6.45) is 16.5. The Morgan fingerprint density at radius 3 is 0.886 bits per heavy atom. The summed E-state index contributed by atoms with van der Waals surface area (Å²) in [5, 5.41) is 0. The average Bonchev–Trinajstić information content (AvgIpc) is 3.33. The van der Waals surface area contributed by atoms with Gasteiger partial charge in [-0.1, -0.05) is 139 Å². The molecule has 4 unspecified atom stereocenters. The minimum atomic E-state index is -0.113. The summed E-state index contributed by atoms with van der Waals surface area (Å²) in [5.41, 5.74) is 10.9. The first-order valence-electron chi connectivity index (χ1n) is 25.9. The second kappa shape index (κ2) is 22.3. The number of halogens is 4. The standard InChI is InChI=1S/C58H64Br4O8/c1-5-9-13-19-33-38-25-39-34(20-14-10-6-2)41-27-43-36(22-16-12-8-4)45-28-44-35(21-15-11-7-3)42-26-40(33)53-48(60)55(42)67-31-69-57(44)50(62)58(45)70-32-68-56(43)49(61)54(41)66-30-64-52(39)47(51(38)63-29-65-53)37-23-17-18-24-46(37)59/h17-18,23-28,33-36H,5-16,19-22,29-32H2,1-4H3. The molecule has 1 aliphatic carbocycles. The highest BCUT2D eigenvalue weighted by atomic mass is 79.9. The number of benzene rings is 5. The molecule has 4 atom stereocenters. The number of ether oxygens (including phenoxy) is 8. The lowest BCUT2D eigenvalue weighted by Crippen LogP contribution is -2.24. The van der Waals surface area contributed by atoms with Crippen LogP contribution in [-0.2, 0) is 0 Å². The average molecular weight is 1210 g/mol. The van der Waals surface area contributed by atoms with Crippen LogP contribution in [0.3, 0.4) is 0 Å². The van der Waals surface area contributed by atoms with Crippen LogP contribution in [0.1, 0.15) is 199 Å². The Labute approximate surface area is 447 Å². The van der Waals surface area contributed by atoms with E-state index in [1.54, 1.807) is 0 Å². The first-order valence-corrected chi connectivity index (χ1v) is 29.0. The first kappa shape index (κ1) is 50.0. The van der Waals surface area contributed by atoms with Crippen molar-refractivity contribution in [1.82, 2.24) is 0 Å². The molecule has 0 aromatic heterocycles. The third-order valence-corrected chi connectivity index (χ3v) is 18.0. The van der Waals surface area contributed by atoms with Gasteiger partial charge in [-0.15, -0.1) is 0 Å². The molecule has 0 saturated carbocycles. The van der Waals surface area contributed by atoms with Crippen molar-refractivity contribution in [1.29, 1.82) is 0 Å². The number of hydrogen-bond donors (Lipinski definition) is 0. The molecule has 5 aliphatic rings. The zero-order valence-corrected chi connectivity index (χ0v) is 47.2. The van der Waals surface area contributed by atoms with Gasteiger partial charge >= 0.3 is 0 Å². The third-order valence-electron chi connectivity index (χ3n) is 15.1. The Hall–Kier alpha value is -3.58. The molecule has 12 heteroatoms. The lowest BCUT2D eigenvalue weighted by molar-refractivity contribution is 0.0966. The number of rotatable bonds is 17. The van der Waals surface area contributed by atoms with Crippen LogP contribution >= 0.6 is 63.7 Å². The Balaban J connectivity index is 1.39. The van der Waals surface area contributed by atoms with Gasteiger partial charge in [0.05, 0.1) is 5.56 Å². The van der Waals surface area contributed by atoms with E-state index in [1.165, 1.54) is 0 Å². The Morgan fingerprint density at radius 2 is 0.614 bits per heavy atom. The molecule has 4 heterocycles. The molecule has 0 saturated heterocycles. The molecule has 10 rings (SSSR count). The molecule has 4 aliphatic heterocycles. The summed E-state index contributed by atoms with van der Waals surface area (Å²) in [6, 6.07) is 18.2. The number of hydrogen-bond acceptors (Lipinski definition) is 8. The predicted octanol–water partition coefficient (Wildman–Crippen LogP) is 18.5. The van der Waals surface area contributed by atoms with Crippen molar-refractivity contribution in [3.05, 3.63) is 111 Å². The zero-order chi connectivity index (χ0) is 48.5.